The Labute approximate surface area is 117 Å². The molecule has 0 heterocycles. The summed E-state index contributed by atoms with van der Waals surface area (Å²) in [5.41, 5.74) is 0.561. The van der Waals surface area contributed by atoms with Crippen molar-refractivity contribution in [3.8, 4) is 0 Å². The number of hydrazine groups is 1. The van der Waals surface area contributed by atoms with Crippen molar-refractivity contribution in [2.75, 3.05) is 26.4 Å². The summed E-state index contributed by atoms with van der Waals surface area (Å²) in [7, 11) is 3.62. The van der Waals surface area contributed by atoms with Crippen LogP contribution in [-0.4, -0.2) is 53.4 Å². The van der Waals surface area contributed by atoms with Crippen molar-refractivity contribution >= 4 is 23.6 Å². The Morgan fingerprint density at radius 2 is 2.00 bits per heavy atom. The summed E-state index contributed by atoms with van der Waals surface area (Å²) in [6.45, 7) is 2.49. The molecule has 0 aliphatic rings. The summed E-state index contributed by atoms with van der Waals surface area (Å²) in [5, 5.41) is 12.0. The van der Waals surface area contributed by atoms with Gasteiger partial charge in [-0.05, 0) is 25.1 Å². The van der Waals surface area contributed by atoms with Crippen molar-refractivity contribution < 1.29 is 14.7 Å². The van der Waals surface area contributed by atoms with Gasteiger partial charge < -0.3 is 5.11 Å². The maximum Gasteiger partial charge on any atom is 0.313 e. The Morgan fingerprint density at radius 3 is 2.53 bits per heavy atom. The molecule has 0 spiro atoms. The summed E-state index contributed by atoms with van der Waals surface area (Å²) >= 11 is 1.20. The van der Waals surface area contributed by atoms with Gasteiger partial charge in [-0.25, -0.2) is 5.01 Å². The number of thioether (sulfide) groups is 1. The molecule has 0 unspecified atom stereocenters. The maximum atomic E-state index is 12.3. The van der Waals surface area contributed by atoms with Crippen LogP contribution in [0.4, 0.5) is 0 Å². The van der Waals surface area contributed by atoms with Gasteiger partial charge in [0.2, 0.25) is 0 Å². The van der Waals surface area contributed by atoms with Crippen LogP contribution in [0.25, 0.3) is 0 Å². The highest BCUT2D eigenvalue weighted by atomic mass is 32.2. The van der Waals surface area contributed by atoms with Crippen LogP contribution in [0.3, 0.4) is 0 Å². The first-order valence-corrected chi connectivity index (χ1v) is 6.88. The molecule has 0 aliphatic heterocycles. The first-order valence-electron chi connectivity index (χ1n) is 5.89. The van der Waals surface area contributed by atoms with Gasteiger partial charge in [0.25, 0.3) is 5.91 Å². The van der Waals surface area contributed by atoms with E-state index in [-0.39, 0.29) is 11.7 Å². The first kappa shape index (κ1) is 15.5. The number of carboxylic acid groups (broad SMARTS) is 1. The van der Waals surface area contributed by atoms with E-state index in [0.29, 0.717) is 12.1 Å². The lowest BCUT2D eigenvalue weighted by molar-refractivity contribution is -0.133. The van der Waals surface area contributed by atoms with E-state index in [0.717, 1.165) is 4.90 Å². The predicted octanol–water partition coefficient (Wildman–Crippen LogP) is 1.80. The molecule has 0 aliphatic carbocycles. The summed E-state index contributed by atoms with van der Waals surface area (Å²) in [6, 6.07) is 7.03. The Bertz CT molecular complexity index is 463. The van der Waals surface area contributed by atoms with E-state index in [2.05, 4.69) is 0 Å². The van der Waals surface area contributed by atoms with E-state index in [4.69, 9.17) is 5.11 Å². The minimum Gasteiger partial charge on any atom is -0.481 e. The summed E-state index contributed by atoms with van der Waals surface area (Å²) in [6.07, 6.45) is 0. The molecule has 5 nitrogen and oxygen atoms in total. The fraction of sp³-hybridized carbons (Fsp3) is 0.385. The van der Waals surface area contributed by atoms with E-state index in [1.165, 1.54) is 11.8 Å². The Morgan fingerprint density at radius 1 is 1.32 bits per heavy atom. The van der Waals surface area contributed by atoms with Gasteiger partial charge in [-0.2, -0.15) is 0 Å². The van der Waals surface area contributed by atoms with E-state index in [9.17, 15) is 9.59 Å². The second kappa shape index (κ2) is 7.16. The molecule has 0 radical (unpaired) electrons. The fourth-order valence-electron chi connectivity index (χ4n) is 1.62. The smallest absolute Gasteiger partial charge is 0.313 e. The summed E-state index contributed by atoms with van der Waals surface area (Å²) in [5.74, 6) is -0.974. The molecule has 1 amide bonds. The lowest BCUT2D eigenvalue weighted by Crippen LogP contribution is -2.41. The number of hydrogen-bond acceptors (Lipinski definition) is 4. The largest absolute Gasteiger partial charge is 0.481 e. The molecule has 0 saturated heterocycles. The van der Waals surface area contributed by atoms with E-state index in [1.54, 1.807) is 34.3 Å². The van der Waals surface area contributed by atoms with Crippen LogP contribution >= 0.6 is 11.8 Å². The molecule has 0 saturated carbocycles. The molecule has 6 heteroatoms. The Balaban J connectivity index is 2.86. The van der Waals surface area contributed by atoms with Crippen LogP contribution < -0.4 is 0 Å². The normalized spacial score (nSPS) is 10.5. The summed E-state index contributed by atoms with van der Waals surface area (Å²) < 4.78 is 0. The minimum atomic E-state index is -0.870. The molecule has 1 aromatic carbocycles. The van der Waals surface area contributed by atoms with Crippen molar-refractivity contribution in [3.63, 3.8) is 0 Å². The van der Waals surface area contributed by atoms with Crippen molar-refractivity contribution in [2.24, 2.45) is 0 Å². The molecule has 1 rings (SSSR count). The number of hydrogen-bond donors (Lipinski definition) is 1. The maximum absolute atomic E-state index is 12.3. The molecule has 1 aromatic rings. The van der Waals surface area contributed by atoms with Crippen molar-refractivity contribution in [1.82, 2.24) is 10.0 Å². The van der Waals surface area contributed by atoms with E-state index in [1.807, 2.05) is 21.0 Å². The number of aliphatic carboxylic acids is 1. The van der Waals surface area contributed by atoms with Crippen LogP contribution in [0.1, 0.15) is 17.3 Å². The van der Waals surface area contributed by atoms with Crippen LogP contribution in [-0.2, 0) is 4.79 Å². The third-order valence-electron chi connectivity index (χ3n) is 2.46. The molecule has 104 valence electrons. The van der Waals surface area contributed by atoms with Gasteiger partial charge in [0.05, 0.1) is 5.75 Å². The predicted molar refractivity (Wildman–Crippen MR) is 75.2 cm³/mol. The molecule has 19 heavy (non-hydrogen) atoms. The van der Waals surface area contributed by atoms with Gasteiger partial charge >= 0.3 is 5.97 Å². The molecular weight excluding hydrogens is 264 g/mol. The molecule has 0 bridgehead atoms. The zero-order valence-corrected chi connectivity index (χ0v) is 12.1. The first-order chi connectivity index (χ1) is 8.95. The van der Waals surface area contributed by atoms with Crippen LogP contribution in [0.2, 0.25) is 0 Å². The molecule has 0 fully saturated rings. The second-order valence-electron chi connectivity index (χ2n) is 4.08. The number of amides is 1. The quantitative estimate of drug-likeness (QED) is 0.637. The average Bonchev–Trinajstić information content (AvgIpc) is 2.37. The number of benzene rings is 1. The van der Waals surface area contributed by atoms with Crippen LogP contribution in [0, 0.1) is 0 Å². The number of carboxylic acids is 1. The third-order valence-corrected chi connectivity index (χ3v) is 3.44. The van der Waals surface area contributed by atoms with E-state index < -0.39 is 5.97 Å². The van der Waals surface area contributed by atoms with E-state index >= 15 is 0 Å². The number of carbonyl (C=O) groups is 2. The van der Waals surface area contributed by atoms with Gasteiger partial charge in [-0.3, -0.25) is 14.6 Å². The number of carbonyl (C=O) groups excluding carboxylic acids is 1. The highest BCUT2D eigenvalue weighted by Gasteiger charge is 2.16. The molecule has 1 N–H and O–H groups in total. The highest BCUT2D eigenvalue weighted by Crippen LogP contribution is 2.20. The number of rotatable bonds is 6. The van der Waals surface area contributed by atoms with Gasteiger partial charge in [0, 0.05) is 31.1 Å². The molecular formula is C13H18N2O3S. The van der Waals surface area contributed by atoms with Gasteiger partial charge in [0.15, 0.2) is 0 Å². The lowest BCUT2D eigenvalue weighted by atomic mass is 10.2. The SMILES string of the molecule is CCN(C(=O)c1cccc(SCC(=O)O)c1)N(C)C. The summed E-state index contributed by atoms with van der Waals surface area (Å²) in [4.78, 5) is 23.6. The molecule has 0 aromatic heterocycles. The standard InChI is InChI=1S/C13H18N2O3S/c1-4-15(14(2)3)13(18)10-6-5-7-11(8-10)19-9-12(16)17/h5-8H,4,9H2,1-3H3,(H,16,17). The third kappa shape index (κ3) is 4.57. The Hall–Kier alpha value is -1.53. The van der Waals surface area contributed by atoms with Crippen molar-refractivity contribution in [1.29, 1.82) is 0 Å². The molecule has 0 atom stereocenters. The lowest BCUT2D eigenvalue weighted by Gasteiger charge is -2.27. The second-order valence-corrected chi connectivity index (χ2v) is 5.13. The zero-order chi connectivity index (χ0) is 14.4. The van der Waals surface area contributed by atoms with Crippen LogP contribution in [0.15, 0.2) is 29.2 Å². The Kier molecular flexibility index (Phi) is 5.85. The van der Waals surface area contributed by atoms with Gasteiger partial charge in [-0.1, -0.05) is 6.07 Å². The number of nitrogens with zero attached hydrogens (tertiary/aromatic N) is 2. The monoisotopic (exact) mass is 282 g/mol. The highest BCUT2D eigenvalue weighted by molar-refractivity contribution is 8.00. The van der Waals surface area contributed by atoms with Crippen molar-refractivity contribution in [3.05, 3.63) is 29.8 Å². The van der Waals surface area contributed by atoms with Crippen molar-refractivity contribution in [2.45, 2.75) is 11.8 Å². The average molecular weight is 282 g/mol. The topological polar surface area (TPSA) is 60.9 Å². The van der Waals surface area contributed by atoms with Crippen LogP contribution in [0.5, 0.6) is 0 Å². The minimum absolute atomic E-state index is 0.0111. The fourth-order valence-corrected chi connectivity index (χ4v) is 2.30. The zero-order valence-electron chi connectivity index (χ0n) is 11.3. The van der Waals surface area contributed by atoms with Gasteiger partial charge in [0.1, 0.15) is 0 Å². The van der Waals surface area contributed by atoms with Gasteiger partial charge in [-0.15, -0.1) is 11.8 Å².